The van der Waals surface area contributed by atoms with Gasteiger partial charge in [-0.2, -0.15) is 0 Å². The van der Waals surface area contributed by atoms with E-state index in [9.17, 15) is 0 Å². The van der Waals surface area contributed by atoms with Gasteiger partial charge in [-0.3, -0.25) is 0 Å². The Hall–Kier alpha value is 0. The Morgan fingerprint density at radius 1 is 0.567 bits per heavy atom. The van der Waals surface area contributed by atoms with Crippen LogP contribution in [-0.4, -0.2) is 0 Å². The molecule has 3 saturated carbocycles. The third kappa shape index (κ3) is 9.65. The van der Waals surface area contributed by atoms with E-state index < -0.39 is 0 Å². The van der Waals surface area contributed by atoms with E-state index in [2.05, 4.69) is 41.5 Å². The molecule has 0 aliphatic heterocycles. The van der Waals surface area contributed by atoms with Crippen molar-refractivity contribution in [2.75, 3.05) is 0 Å². The molecular formula is C30H64. The van der Waals surface area contributed by atoms with Crippen molar-refractivity contribution in [3.8, 4) is 0 Å². The lowest BCUT2D eigenvalue weighted by Crippen LogP contribution is -2.36. The summed E-state index contributed by atoms with van der Waals surface area (Å²) < 4.78 is 0. The topological polar surface area (TPSA) is 0 Å². The molecule has 0 amide bonds. The minimum absolute atomic E-state index is 0. The quantitative estimate of drug-likeness (QED) is 0.421. The number of hydrogen-bond acceptors (Lipinski definition) is 0. The molecule has 2 atom stereocenters. The predicted octanol–water partition coefficient (Wildman–Crippen LogP) is 11.2. The van der Waals surface area contributed by atoms with Crippen LogP contribution in [0.25, 0.3) is 0 Å². The fourth-order valence-electron chi connectivity index (χ4n) is 6.49. The second-order valence-corrected chi connectivity index (χ2v) is 11.5. The SMILES string of the molecule is C.C.C.CC1CCC(C(C)(C)C2CCC(C)CC2)CC1.CCC1CCCC(CC)C1. The smallest absolute Gasteiger partial charge is 0.0298 e. The highest BCUT2D eigenvalue weighted by atomic mass is 14.4. The lowest BCUT2D eigenvalue weighted by Gasteiger charge is -2.46. The van der Waals surface area contributed by atoms with Gasteiger partial charge in [0.2, 0.25) is 0 Å². The molecule has 2 unspecified atom stereocenters. The molecule has 3 fully saturated rings. The van der Waals surface area contributed by atoms with Crippen molar-refractivity contribution in [2.24, 2.45) is 40.9 Å². The van der Waals surface area contributed by atoms with Crippen molar-refractivity contribution >= 4 is 0 Å². The fraction of sp³-hybridized carbons (Fsp3) is 1.00. The van der Waals surface area contributed by atoms with Crippen LogP contribution in [0.2, 0.25) is 0 Å². The minimum atomic E-state index is 0. The molecule has 0 heteroatoms. The Morgan fingerprint density at radius 2 is 0.900 bits per heavy atom. The zero-order valence-corrected chi connectivity index (χ0v) is 19.9. The molecule has 184 valence electrons. The van der Waals surface area contributed by atoms with Gasteiger partial charge < -0.3 is 0 Å². The molecule has 3 rings (SSSR count). The molecule has 0 heterocycles. The second-order valence-electron chi connectivity index (χ2n) is 11.5. The van der Waals surface area contributed by atoms with E-state index in [1.54, 1.807) is 0 Å². The standard InChI is InChI=1S/C17H32.C10H20.3CH4/c1-13-5-9-15(10-6-13)17(3,4)16-11-7-14(2)8-12-16;1-3-9-6-5-7-10(4-2)8-9;;;/h13-16H,5-12H2,1-4H3;9-10H,3-8H2,1-2H3;3*1H4. The summed E-state index contributed by atoms with van der Waals surface area (Å²) in [5.74, 6) is 6.15. The van der Waals surface area contributed by atoms with Crippen LogP contribution in [0.5, 0.6) is 0 Å². The lowest BCUT2D eigenvalue weighted by molar-refractivity contribution is 0.0421. The predicted molar refractivity (Wildman–Crippen MR) is 142 cm³/mol. The second kappa shape index (κ2) is 15.7. The first kappa shape index (κ1) is 32.2. The van der Waals surface area contributed by atoms with E-state index in [1.165, 1.54) is 89.9 Å². The first-order valence-electron chi connectivity index (χ1n) is 12.9. The summed E-state index contributed by atoms with van der Waals surface area (Å²) in [6.45, 7) is 14.7. The maximum atomic E-state index is 2.58. The molecule has 0 bridgehead atoms. The molecular weight excluding hydrogens is 360 g/mol. The van der Waals surface area contributed by atoms with E-state index in [1.807, 2.05) is 0 Å². The van der Waals surface area contributed by atoms with Gasteiger partial charge in [0.15, 0.2) is 0 Å². The first-order valence-corrected chi connectivity index (χ1v) is 12.9. The minimum Gasteiger partial charge on any atom is -0.0776 e. The summed E-state index contributed by atoms with van der Waals surface area (Å²) in [6.07, 6.45) is 20.8. The van der Waals surface area contributed by atoms with E-state index in [4.69, 9.17) is 0 Å². The zero-order chi connectivity index (χ0) is 19.9. The molecule has 0 nitrogen and oxygen atoms in total. The van der Waals surface area contributed by atoms with Crippen LogP contribution in [0, 0.1) is 40.9 Å². The molecule has 30 heavy (non-hydrogen) atoms. The lowest BCUT2D eigenvalue weighted by atomic mass is 9.59. The van der Waals surface area contributed by atoms with Crippen molar-refractivity contribution in [1.82, 2.24) is 0 Å². The van der Waals surface area contributed by atoms with Crippen LogP contribution in [0.4, 0.5) is 0 Å². The Morgan fingerprint density at radius 3 is 1.20 bits per heavy atom. The van der Waals surface area contributed by atoms with Crippen molar-refractivity contribution in [3.05, 3.63) is 0 Å². The van der Waals surface area contributed by atoms with Crippen LogP contribution >= 0.6 is 0 Å². The molecule has 0 aromatic heterocycles. The van der Waals surface area contributed by atoms with Gasteiger partial charge in [0.1, 0.15) is 0 Å². The summed E-state index contributed by atoms with van der Waals surface area (Å²) in [7, 11) is 0. The molecule has 0 aromatic carbocycles. The zero-order valence-electron chi connectivity index (χ0n) is 19.9. The van der Waals surface area contributed by atoms with E-state index >= 15 is 0 Å². The Kier molecular flexibility index (Phi) is 16.9. The van der Waals surface area contributed by atoms with Gasteiger partial charge in [-0.05, 0) is 73.0 Å². The van der Waals surface area contributed by atoms with Crippen LogP contribution in [0.15, 0.2) is 0 Å². The first-order chi connectivity index (χ1) is 12.9. The monoisotopic (exact) mass is 425 g/mol. The molecule has 0 saturated heterocycles. The summed E-state index contributed by atoms with van der Waals surface area (Å²) in [5.41, 5.74) is 0.611. The van der Waals surface area contributed by atoms with Crippen LogP contribution in [0.1, 0.15) is 154 Å². The summed E-state index contributed by atoms with van der Waals surface area (Å²) in [6, 6.07) is 0. The van der Waals surface area contributed by atoms with Gasteiger partial charge in [-0.25, -0.2) is 0 Å². The van der Waals surface area contributed by atoms with E-state index in [-0.39, 0.29) is 22.3 Å². The summed E-state index contributed by atoms with van der Waals surface area (Å²) in [5, 5.41) is 0. The van der Waals surface area contributed by atoms with Gasteiger partial charge >= 0.3 is 0 Å². The molecule has 0 spiro atoms. The highest BCUT2D eigenvalue weighted by Gasteiger charge is 2.39. The largest absolute Gasteiger partial charge is 0.0776 e. The highest BCUT2D eigenvalue weighted by molar-refractivity contribution is 4.89. The van der Waals surface area contributed by atoms with Gasteiger partial charge in [-0.15, -0.1) is 0 Å². The molecule has 3 aliphatic carbocycles. The number of hydrogen-bond donors (Lipinski definition) is 0. The Labute approximate surface area is 194 Å². The fourth-order valence-corrected chi connectivity index (χ4v) is 6.49. The normalized spacial score (nSPS) is 34.2. The molecule has 0 N–H and O–H groups in total. The van der Waals surface area contributed by atoms with Crippen LogP contribution < -0.4 is 0 Å². The average molecular weight is 425 g/mol. The van der Waals surface area contributed by atoms with Crippen molar-refractivity contribution in [2.45, 2.75) is 154 Å². The molecule has 0 radical (unpaired) electrons. The van der Waals surface area contributed by atoms with E-state index in [0.29, 0.717) is 5.41 Å². The Balaban J connectivity index is 0. The van der Waals surface area contributed by atoms with Gasteiger partial charge in [0, 0.05) is 0 Å². The van der Waals surface area contributed by atoms with Crippen LogP contribution in [0.3, 0.4) is 0 Å². The maximum Gasteiger partial charge on any atom is -0.0298 e. The average Bonchev–Trinajstić information content (AvgIpc) is 2.69. The van der Waals surface area contributed by atoms with Crippen molar-refractivity contribution in [3.63, 3.8) is 0 Å². The molecule has 3 aliphatic rings. The van der Waals surface area contributed by atoms with Crippen LogP contribution in [-0.2, 0) is 0 Å². The summed E-state index contributed by atoms with van der Waals surface area (Å²) in [4.78, 5) is 0. The highest BCUT2D eigenvalue weighted by Crippen LogP contribution is 2.49. The van der Waals surface area contributed by atoms with Crippen molar-refractivity contribution in [1.29, 1.82) is 0 Å². The third-order valence-electron chi connectivity index (χ3n) is 9.18. The number of rotatable bonds is 4. The van der Waals surface area contributed by atoms with Gasteiger partial charge in [0.05, 0.1) is 0 Å². The van der Waals surface area contributed by atoms with Gasteiger partial charge in [-0.1, -0.05) is 122 Å². The summed E-state index contributed by atoms with van der Waals surface area (Å²) >= 11 is 0. The Bertz CT molecular complexity index is 345. The molecule has 0 aromatic rings. The van der Waals surface area contributed by atoms with E-state index in [0.717, 1.165) is 35.5 Å². The third-order valence-corrected chi connectivity index (χ3v) is 9.18. The van der Waals surface area contributed by atoms with Crippen molar-refractivity contribution < 1.29 is 0 Å². The maximum absolute atomic E-state index is 2.58. The van der Waals surface area contributed by atoms with Gasteiger partial charge in [0.25, 0.3) is 0 Å².